The van der Waals surface area contributed by atoms with Gasteiger partial charge < -0.3 is 11.1 Å². The molecule has 1 heterocycles. The molecule has 2 rings (SSSR count). The summed E-state index contributed by atoms with van der Waals surface area (Å²) in [6.45, 7) is 4.67. The van der Waals surface area contributed by atoms with Crippen LogP contribution in [0, 0.1) is 0 Å². The van der Waals surface area contributed by atoms with Crippen LogP contribution in [-0.2, 0) is 0 Å². The molecule has 106 valence electrons. The molecule has 0 fully saturated rings. The van der Waals surface area contributed by atoms with Gasteiger partial charge in [0.1, 0.15) is 0 Å². The van der Waals surface area contributed by atoms with Crippen LogP contribution < -0.4 is 11.1 Å². The SMILES string of the molecule is CC(C)c1ccc(C(N)CNC(=O)c2cnsn2)cc1. The Labute approximate surface area is 122 Å². The fraction of sp³-hybridized carbons (Fsp3) is 0.357. The topological polar surface area (TPSA) is 80.9 Å². The summed E-state index contributed by atoms with van der Waals surface area (Å²) in [6, 6.07) is 7.94. The van der Waals surface area contributed by atoms with Gasteiger partial charge in [-0.15, -0.1) is 0 Å². The monoisotopic (exact) mass is 290 g/mol. The second kappa shape index (κ2) is 6.58. The van der Waals surface area contributed by atoms with Crippen molar-refractivity contribution in [3.63, 3.8) is 0 Å². The highest BCUT2D eigenvalue weighted by Gasteiger charge is 2.12. The van der Waals surface area contributed by atoms with Crippen LogP contribution in [-0.4, -0.2) is 21.2 Å². The van der Waals surface area contributed by atoms with Gasteiger partial charge in [-0.05, 0) is 17.0 Å². The average Bonchev–Trinajstić information content (AvgIpc) is 2.98. The third-order valence-corrected chi connectivity index (χ3v) is 3.59. The number of amides is 1. The zero-order valence-corrected chi connectivity index (χ0v) is 12.4. The van der Waals surface area contributed by atoms with E-state index in [4.69, 9.17) is 5.73 Å². The van der Waals surface area contributed by atoms with Crippen LogP contribution in [0.3, 0.4) is 0 Å². The van der Waals surface area contributed by atoms with Crippen LogP contribution in [0.2, 0.25) is 0 Å². The van der Waals surface area contributed by atoms with Crippen LogP contribution in [0.5, 0.6) is 0 Å². The maximum Gasteiger partial charge on any atom is 0.272 e. The van der Waals surface area contributed by atoms with Gasteiger partial charge in [0.15, 0.2) is 5.69 Å². The molecule has 3 N–H and O–H groups in total. The number of aromatic nitrogens is 2. The molecule has 0 radical (unpaired) electrons. The maximum atomic E-state index is 11.7. The van der Waals surface area contributed by atoms with E-state index in [1.165, 1.54) is 11.8 Å². The maximum absolute atomic E-state index is 11.7. The van der Waals surface area contributed by atoms with E-state index >= 15 is 0 Å². The summed E-state index contributed by atoms with van der Waals surface area (Å²) in [7, 11) is 0. The van der Waals surface area contributed by atoms with Crippen molar-refractivity contribution in [3.8, 4) is 0 Å². The summed E-state index contributed by atoms with van der Waals surface area (Å²) in [4.78, 5) is 11.7. The van der Waals surface area contributed by atoms with E-state index < -0.39 is 0 Å². The van der Waals surface area contributed by atoms with Gasteiger partial charge >= 0.3 is 0 Å². The highest BCUT2D eigenvalue weighted by Crippen LogP contribution is 2.17. The van der Waals surface area contributed by atoms with E-state index in [2.05, 4.69) is 40.0 Å². The summed E-state index contributed by atoms with van der Waals surface area (Å²) < 4.78 is 7.67. The molecule has 0 bridgehead atoms. The minimum Gasteiger partial charge on any atom is -0.349 e. The normalized spacial score (nSPS) is 12.4. The number of hydrogen-bond donors (Lipinski definition) is 2. The summed E-state index contributed by atoms with van der Waals surface area (Å²) in [5.74, 6) is 0.255. The van der Waals surface area contributed by atoms with Gasteiger partial charge in [0, 0.05) is 12.6 Å². The molecule has 1 aromatic carbocycles. The number of nitrogens with zero attached hydrogens (tertiary/aromatic N) is 2. The fourth-order valence-electron chi connectivity index (χ4n) is 1.80. The Morgan fingerprint density at radius 1 is 1.30 bits per heavy atom. The summed E-state index contributed by atoms with van der Waals surface area (Å²) in [5, 5.41) is 2.76. The largest absolute Gasteiger partial charge is 0.349 e. The lowest BCUT2D eigenvalue weighted by atomic mass is 9.99. The molecule has 6 heteroatoms. The highest BCUT2D eigenvalue weighted by molar-refractivity contribution is 6.99. The van der Waals surface area contributed by atoms with Crippen molar-refractivity contribution in [2.45, 2.75) is 25.8 Å². The molecule has 0 aliphatic heterocycles. The third kappa shape index (κ3) is 3.61. The average molecular weight is 290 g/mol. The first-order chi connectivity index (χ1) is 9.58. The van der Waals surface area contributed by atoms with Crippen LogP contribution in [0.4, 0.5) is 0 Å². The van der Waals surface area contributed by atoms with Crippen molar-refractivity contribution in [2.75, 3.05) is 6.54 Å². The Morgan fingerprint density at radius 2 is 1.95 bits per heavy atom. The van der Waals surface area contributed by atoms with Crippen LogP contribution in [0.25, 0.3) is 0 Å². The predicted molar refractivity (Wildman–Crippen MR) is 79.7 cm³/mol. The Bertz CT molecular complexity index is 551. The van der Waals surface area contributed by atoms with Crippen LogP contribution in [0.15, 0.2) is 30.5 Å². The van der Waals surface area contributed by atoms with Gasteiger partial charge in [0.25, 0.3) is 5.91 Å². The lowest BCUT2D eigenvalue weighted by Gasteiger charge is -2.14. The molecule has 0 spiro atoms. The van der Waals surface area contributed by atoms with Gasteiger partial charge in [0.2, 0.25) is 0 Å². The van der Waals surface area contributed by atoms with Crippen molar-refractivity contribution >= 4 is 17.6 Å². The molecule has 1 amide bonds. The summed E-state index contributed by atoms with van der Waals surface area (Å²) in [5.41, 5.74) is 8.69. The molecule has 5 nitrogen and oxygen atoms in total. The summed E-state index contributed by atoms with van der Waals surface area (Å²) >= 11 is 1.01. The smallest absolute Gasteiger partial charge is 0.272 e. The van der Waals surface area contributed by atoms with Gasteiger partial charge in [-0.1, -0.05) is 38.1 Å². The molecular weight excluding hydrogens is 272 g/mol. The lowest BCUT2D eigenvalue weighted by Crippen LogP contribution is -2.32. The van der Waals surface area contributed by atoms with Crippen molar-refractivity contribution in [1.29, 1.82) is 0 Å². The van der Waals surface area contributed by atoms with Gasteiger partial charge in [-0.25, -0.2) is 0 Å². The Hall–Kier alpha value is -1.79. The first-order valence-corrected chi connectivity index (χ1v) is 7.22. The minimum absolute atomic E-state index is 0.230. The van der Waals surface area contributed by atoms with E-state index in [1.807, 2.05) is 12.1 Å². The Morgan fingerprint density at radius 3 is 2.50 bits per heavy atom. The first-order valence-electron chi connectivity index (χ1n) is 6.49. The van der Waals surface area contributed by atoms with E-state index in [-0.39, 0.29) is 11.9 Å². The molecule has 0 saturated carbocycles. The van der Waals surface area contributed by atoms with E-state index in [0.29, 0.717) is 18.2 Å². The molecule has 0 saturated heterocycles. The predicted octanol–water partition coefficient (Wildman–Crippen LogP) is 2.09. The van der Waals surface area contributed by atoms with Crippen molar-refractivity contribution in [3.05, 3.63) is 47.3 Å². The minimum atomic E-state index is -0.243. The van der Waals surface area contributed by atoms with Crippen LogP contribution in [0.1, 0.15) is 47.4 Å². The van der Waals surface area contributed by atoms with Crippen LogP contribution >= 0.6 is 11.7 Å². The number of hydrogen-bond acceptors (Lipinski definition) is 5. The number of nitrogens with one attached hydrogen (secondary N) is 1. The molecule has 1 aromatic heterocycles. The summed E-state index contributed by atoms with van der Waals surface area (Å²) in [6.07, 6.45) is 1.45. The van der Waals surface area contributed by atoms with Gasteiger partial charge in [0.05, 0.1) is 17.9 Å². The number of nitrogens with two attached hydrogens (primary N) is 1. The number of benzene rings is 1. The second-order valence-corrected chi connectivity index (χ2v) is 5.49. The lowest BCUT2D eigenvalue weighted by molar-refractivity contribution is 0.0947. The standard InChI is InChI=1S/C14H18N4OS/c1-9(2)10-3-5-11(6-4-10)12(15)7-16-14(19)13-8-17-20-18-13/h3-6,8-9,12H,7,15H2,1-2H3,(H,16,19). The van der Waals surface area contributed by atoms with E-state index in [9.17, 15) is 4.79 Å². The molecule has 1 atom stereocenters. The molecule has 1 unspecified atom stereocenters. The molecule has 2 aromatic rings. The van der Waals surface area contributed by atoms with Crippen molar-refractivity contribution in [1.82, 2.24) is 14.1 Å². The Kier molecular flexibility index (Phi) is 4.81. The van der Waals surface area contributed by atoms with Gasteiger partial charge in [-0.2, -0.15) is 8.75 Å². The van der Waals surface area contributed by atoms with Gasteiger partial charge in [-0.3, -0.25) is 4.79 Å². The molecule has 20 heavy (non-hydrogen) atoms. The number of carbonyl (C=O) groups is 1. The number of carbonyl (C=O) groups excluding carboxylic acids is 1. The third-order valence-electron chi connectivity index (χ3n) is 3.11. The second-order valence-electron chi connectivity index (χ2n) is 4.93. The van der Waals surface area contributed by atoms with E-state index in [0.717, 1.165) is 17.3 Å². The van der Waals surface area contributed by atoms with E-state index in [1.54, 1.807) is 0 Å². The Balaban J connectivity index is 1.91. The molecular formula is C14H18N4OS. The fourth-order valence-corrected chi connectivity index (χ4v) is 2.22. The zero-order chi connectivity index (χ0) is 14.5. The first kappa shape index (κ1) is 14.6. The molecule has 0 aliphatic rings. The quantitative estimate of drug-likeness (QED) is 0.883. The van der Waals surface area contributed by atoms with Crippen molar-refractivity contribution < 1.29 is 4.79 Å². The zero-order valence-electron chi connectivity index (χ0n) is 11.5. The van der Waals surface area contributed by atoms with Crippen molar-refractivity contribution in [2.24, 2.45) is 5.73 Å². The molecule has 0 aliphatic carbocycles. The highest BCUT2D eigenvalue weighted by atomic mass is 32.1. The number of rotatable bonds is 5.